The molecule has 1 unspecified atom stereocenters. The molecule has 1 aliphatic rings. The highest BCUT2D eigenvalue weighted by Gasteiger charge is 2.45. The molecule has 0 aliphatic carbocycles. The summed E-state index contributed by atoms with van der Waals surface area (Å²) in [5.74, 6) is -2.48. The van der Waals surface area contributed by atoms with Gasteiger partial charge in [0.15, 0.2) is 17.7 Å². The number of nitrogens with zero attached hydrogens (tertiary/aromatic N) is 1. The van der Waals surface area contributed by atoms with E-state index in [1.165, 1.54) is 19.2 Å². The smallest absolute Gasteiger partial charge is 0.334 e. The van der Waals surface area contributed by atoms with Crippen molar-refractivity contribution in [3.05, 3.63) is 24.0 Å². The molecule has 0 radical (unpaired) electrons. The van der Waals surface area contributed by atoms with Crippen LogP contribution in [0.3, 0.4) is 0 Å². The molecular weight excluding hydrogens is 329 g/mol. The Balaban J connectivity index is 2.50. The van der Waals surface area contributed by atoms with Crippen molar-refractivity contribution in [2.75, 3.05) is 20.3 Å². The molecule has 23 heavy (non-hydrogen) atoms. The van der Waals surface area contributed by atoms with E-state index in [0.29, 0.717) is 0 Å². The van der Waals surface area contributed by atoms with Crippen LogP contribution in [0.5, 0.6) is 5.75 Å². The van der Waals surface area contributed by atoms with Crippen LogP contribution in [0, 0.1) is 5.82 Å². The minimum absolute atomic E-state index is 0.116. The van der Waals surface area contributed by atoms with E-state index < -0.39 is 44.9 Å². The zero-order valence-electron chi connectivity index (χ0n) is 12.9. The lowest BCUT2D eigenvalue weighted by atomic mass is 10.0. The topological polar surface area (TPSA) is 93.1 Å². The average Bonchev–Trinajstić information content (AvgIpc) is 2.46. The van der Waals surface area contributed by atoms with Gasteiger partial charge in [-0.25, -0.2) is 17.6 Å². The highest BCUT2D eigenvalue weighted by Crippen LogP contribution is 2.32. The van der Waals surface area contributed by atoms with E-state index in [1.54, 1.807) is 13.8 Å². The molecule has 2 rings (SSSR count). The van der Waals surface area contributed by atoms with Gasteiger partial charge in [-0.05, 0) is 26.0 Å². The molecule has 128 valence electrons. The number of hydrogen-bond donors (Lipinski definition) is 1. The van der Waals surface area contributed by atoms with Crippen molar-refractivity contribution in [1.82, 2.24) is 4.31 Å². The molecule has 0 spiro atoms. The number of rotatable bonds is 4. The van der Waals surface area contributed by atoms with Crippen molar-refractivity contribution in [3.63, 3.8) is 0 Å². The largest absolute Gasteiger partial charge is 0.494 e. The normalized spacial score (nSPS) is 21.8. The second-order valence-corrected chi connectivity index (χ2v) is 7.59. The van der Waals surface area contributed by atoms with E-state index >= 15 is 0 Å². The van der Waals surface area contributed by atoms with E-state index in [0.717, 1.165) is 10.4 Å². The fourth-order valence-electron chi connectivity index (χ4n) is 2.37. The van der Waals surface area contributed by atoms with Crippen molar-refractivity contribution >= 4 is 16.0 Å². The summed E-state index contributed by atoms with van der Waals surface area (Å²) in [6.45, 7) is 2.65. The third-order valence-electron chi connectivity index (χ3n) is 3.64. The van der Waals surface area contributed by atoms with Crippen LogP contribution in [-0.4, -0.2) is 55.7 Å². The maximum absolute atomic E-state index is 14.4. The van der Waals surface area contributed by atoms with E-state index in [4.69, 9.17) is 14.6 Å². The Bertz CT molecular complexity index is 718. The standard InChI is InChI=1S/C14H18FNO6S/c1-14(2)8-22-10(13(17)18)7-16(14)23(19,20)11-6-4-5-9(21-3)12(11)15/h4-6,10H,7-8H2,1-3H3,(H,17,18). The molecule has 0 bridgehead atoms. The van der Waals surface area contributed by atoms with Gasteiger partial charge in [-0.2, -0.15) is 4.31 Å². The molecule has 0 amide bonds. The summed E-state index contributed by atoms with van der Waals surface area (Å²) in [5.41, 5.74) is -1.01. The number of carboxylic acid groups (broad SMARTS) is 1. The highest BCUT2D eigenvalue weighted by molar-refractivity contribution is 7.89. The van der Waals surface area contributed by atoms with Crippen LogP contribution in [0.4, 0.5) is 4.39 Å². The van der Waals surface area contributed by atoms with Gasteiger partial charge in [0.05, 0.1) is 25.8 Å². The zero-order valence-corrected chi connectivity index (χ0v) is 13.8. The number of benzene rings is 1. The molecular formula is C14H18FNO6S. The van der Waals surface area contributed by atoms with Crippen LogP contribution in [0.1, 0.15) is 13.8 Å². The lowest BCUT2D eigenvalue weighted by molar-refractivity contribution is -0.159. The number of carboxylic acids is 1. The molecule has 1 atom stereocenters. The van der Waals surface area contributed by atoms with Crippen LogP contribution in [0.25, 0.3) is 0 Å². The molecule has 1 heterocycles. The van der Waals surface area contributed by atoms with Crippen molar-refractivity contribution in [2.24, 2.45) is 0 Å². The number of methoxy groups -OCH3 is 1. The number of carbonyl (C=O) groups is 1. The first-order chi connectivity index (χ1) is 10.6. The maximum atomic E-state index is 14.4. The van der Waals surface area contributed by atoms with Gasteiger partial charge in [-0.1, -0.05) is 6.07 Å². The molecule has 0 saturated carbocycles. The second-order valence-electron chi connectivity index (χ2n) is 5.76. The number of sulfonamides is 1. The number of ether oxygens (including phenoxy) is 2. The Morgan fingerprint density at radius 3 is 2.70 bits per heavy atom. The average molecular weight is 347 g/mol. The number of aliphatic carboxylic acids is 1. The summed E-state index contributed by atoms with van der Waals surface area (Å²) in [6.07, 6.45) is -1.30. The molecule has 1 aromatic rings. The first-order valence-electron chi connectivity index (χ1n) is 6.81. The summed E-state index contributed by atoms with van der Waals surface area (Å²) in [7, 11) is -3.03. The predicted octanol–water partition coefficient (Wildman–Crippen LogP) is 1.09. The summed E-state index contributed by atoms with van der Waals surface area (Å²) in [4.78, 5) is 10.5. The summed E-state index contributed by atoms with van der Waals surface area (Å²) < 4.78 is 51.0. The molecule has 1 saturated heterocycles. The van der Waals surface area contributed by atoms with Crippen LogP contribution < -0.4 is 4.74 Å². The first-order valence-corrected chi connectivity index (χ1v) is 8.25. The SMILES string of the molecule is COc1cccc(S(=O)(=O)N2CC(C(=O)O)OCC2(C)C)c1F. The summed E-state index contributed by atoms with van der Waals surface area (Å²) in [5, 5.41) is 9.06. The minimum Gasteiger partial charge on any atom is -0.494 e. The zero-order chi connectivity index (χ0) is 17.4. The lowest BCUT2D eigenvalue weighted by Gasteiger charge is -2.42. The van der Waals surface area contributed by atoms with Gasteiger partial charge in [0.2, 0.25) is 10.0 Å². The monoisotopic (exact) mass is 347 g/mol. The van der Waals surface area contributed by atoms with Gasteiger partial charge in [-0.3, -0.25) is 0 Å². The Morgan fingerprint density at radius 1 is 1.48 bits per heavy atom. The van der Waals surface area contributed by atoms with Crippen LogP contribution in [0.2, 0.25) is 0 Å². The first kappa shape index (κ1) is 17.6. The summed E-state index contributed by atoms with van der Waals surface area (Å²) >= 11 is 0. The molecule has 1 aliphatic heterocycles. The Kier molecular flexibility index (Phi) is 4.65. The quantitative estimate of drug-likeness (QED) is 0.876. The van der Waals surface area contributed by atoms with E-state index in [-0.39, 0.29) is 12.4 Å². The van der Waals surface area contributed by atoms with Gasteiger partial charge in [0.1, 0.15) is 4.90 Å². The third kappa shape index (κ3) is 3.17. The van der Waals surface area contributed by atoms with Crippen LogP contribution in [0.15, 0.2) is 23.1 Å². The van der Waals surface area contributed by atoms with Gasteiger partial charge >= 0.3 is 5.97 Å². The predicted molar refractivity (Wildman–Crippen MR) is 78.3 cm³/mol. The molecule has 9 heteroatoms. The molecule has 7 nitrogen and oxygen atoms in total. The molecule has 1 N–H and O–H groups in total. The molecule has 1 aromatic carbocycles. The Hall–Kier alpha value is -1.71. The van der Waals surface area contributed by atoms with Crippen molar-refractivity contribution in [2.45, 2.75) is 30.4 Å². The Labute approximate surface area is 133 Å². The van der Waals surface area contributed by atoms with Gasteiger partial charge in [-0.15, -0.1) is 0 Å². The highest BCUT2D eigenvalue weighted by atomic mass is 32.2. The van der Waals surface area contributed by atoms with E-state index in [1.807, 2.05) is 0 Å². The second kappa shape index (κ2) is 6.06. The number of morpholine rings is 1. The fraction of sp³-hybridized carbons (Fsp3) is 0.500. The minimum atomic E-state index is -4.26. The van der Waals surface area contributed by atoms with Crippen molar-refractivity contribution in [3.8, 4) is 5.75 Å². The van der Waals surface area contributed by atoms with Gasteiger partial charge < -0.3 is 14.6 Å². The molecule has 0 aromatic heterocycles. The lowest BCUT2D eigenvalue weighted by Crippen LogP contribution is -2.59. The van der Waals surface area contributed by atoms with Gasteiger partial charge in [0, 0.05) is 0 Å². The maximum Gasteiger partial charge on any atom is 0.334 e. The third-order valence-corrected chi connectivity index (χ3v) is 5.73. The molecule has 1 fully saturated rings. The Morgan fingerprint density at radius 2 is 2.13 bits per heavy atom. The van der Waals surface area contributed by atoms with Crippen LogP contribution >= 0.6 is 0 Å². The van der Waals surface area contributed by atoms with Gasteiger partial charge in [0.25, 0.3) is 0 Å². The number of halogens is 1. The summed E-state index contributed by atoms with van der Waals surface area (Å²) in [6, 6.07) is 3.78. The van der Waals surface area contributed by atoms with Crippen molar-refractivity contribution < 1.29 is 32.2 Å². The van der Waals surface area contributed by atoms with E-state index in [2.05, 4.69) is 0 Å². The van der Waals surface area contributed by atoms with E-state index in [9.17, 15) is 17.6 Å². The number of hydrogen-bond acceptors (Lipinski definition) is 5. The van der Waals surface area contributed by atoms with Crippen LogP contribution in [-0.2, 0) is 19.6 Å². The van der Waals surface area contributed by atoms with Crippen molar-refractivity contribution in [1.29, 1.82) is 0 Å². The fourth-order valence-corrected chi connectivity index (χ4v) is 4.22.